The van der Waals surface area contributed by atoms with Crippen LogP contribution in [0.4, 0.5) is 6.01 Å². The van der Waals surface area contributed by atoms with Gasteiger partial charge in [-0.15, -0.1) is 16.4 Å². The van der Waals surface area contributed by atoms with E-state index in [9.17, 15) is 0 Å². The van der Waals surface area contributed by atoms with Gasteiger partial charge in [0.2, 0.25) is 5.89 Å². The van der Waals surface area contributed by atoms with Crippen LogP contribution in [-0.4, -0.2) is 23.8 Å². The minimum Gasteiger partial charge on any atom is -0.406 e. The van der Waals surface area contributed by atoms with Crippen molar-refractivity contribution in [2.24, 2.45) is 0 Å². The average Bonchev–Trinajstić information content (AvgIpc) is 3.05. The molecule has 1 N–H and O–H groups in total. The van der Waals surface area contributed by atoms with Gasteiger partial charge < -0.3 is 14.6 Å². The highest BCUT2D eigenvalue weighted by Crippen LogP contribution is 2.23. The molecule has 2 aromatic heterocycles. The second-order valence-corrected chi connectivity index (χ2v) is 6.60. The Hall–Kier alpha value is -0.920. The van der Waals surface area contributed by atoms with Crippen molar-refractivity contribution in [2.45, 2.75) is 32.9 Å². The van der Waals surface area contributed by atoms with Crippen LogP contribution in [0.2, 0.25) is 0 Å². The Morgan fingerprint density at radius 1 is 1.50 bits per heavy atom. The molecule has 2 rings (SSSR count). The Kier molecular flexibility index (Phi) is 5.56. The molecule has 110 valence electrons. The molecule has 7 heteroatoms. The zero-order chi connectivity index (χ0) is 14.5. The van der Waals surface area contributed by atoms with Gasteiger partial charge in [0.05, 0.1) is 12.6 Å². The Morgan fingerprint density at radius 2 is 2.30 bits per heavy atom. The van der Waals surface area contributed by atoms with E-state index in [0.29, 0.717) is 11.9 Å². The number of thiophene rings is 1. The summed E-state index contributed by atoms with van der Waals surface area (Å²) in [5, 5.41) is 13.6. The number of hydrogen-bond donors (Lipinski definition) is 1. The van der Waals surface area contributed by atoms with Crippen molar-refractivity contribution in [1.82, 2.24) is 15.5 Å². The van der Waals surface area contributed by atoms with Gasteiger partial charge in [-0.05, 0) is 41.9 Å². The largest absolute Gasteiger partial charge is 0.406 e. The molecular weight excluding hydrogens is 340 g/mol. The molecule has 0 aliphatic heterocycles. The maximum Gasteiger partial charge on any atom is 0.318 e. The van der Waals surface area contributed by atoms with Gasteiger partial charge >= 0.3 is 6.01 Å². The molecule has 0 radical (unpaired) electrons. The molecule has 0 aromatic carbocycles. The Bertz CT molecular complexity index is 542. The summed E-state index contributed by atoms with van der Waals surface area (Å²) in [5.41, 5.74) is 0. The molecule has 0 amide bonds. The van der Waals surface area contributed by atoms with Crippen LogP contribution >= 0.6 is 27.3 Å². The third-order valence-electron chi connectivity index (χ3n) is 2.84. The lowest BCUT2D eigenvalue weighted by atomic mass is 10.3. The van der Waals surface area contributed by atoms with Crippen molar-refractivity contribution in [3.05, 3.63) is 26.7 Å². The quantitative estimate of drug-likeness (QED) is 0.819. The smallest absolute Gasteiger partial charge is 0.318 e. The van der Waals surface area contributed by atoms with Gasteiger partial charge in [-0.2, -0.15) is 0 Å². The van der Waals surface area contributed by atoms with Crippen molar-refractivity contribution in [1.29, 1.82) is 0 Å². The zero-order valence-corrected chi connectivity index (χ0v) is 14.3. The summed E-state index contributed by atoms with van der Waals surface area (Å²) in [5.74, 6) is 0.632. The lowest BCUT2D eigenvalue weighted by Crippen LogP contribution is -2.19. The van der Waals surface area contributed by atoms with Crippen LogP contribution in [0.25, 0.3) is 0 Å². The van der Waals surface area contributed by atoms with E-state index >= 15 is 0 Å². The van der Waals surface area contributed by atoms with Gasteiger partial charge in [-0.25, -0.2) is 0 Å². The molecule has 0 bridgehead atoms. The van der Waals surface area contributed by atoms with Crippen LogP contribution in [0, 0.1) is 0 Å². The molecule has 0 spiro atoms. The van der Waals surface area contributed by atoms with Gasteiger partial charge in [-0.3, -0.25) is 0 Å². The number of nitrogens with one attached hydrogen (secondary N) is 1. The number of nitrogens with zero attached hydrogens (tertiary/aromatic N) is 3. The summed E-state index contributed by atoms with van der Waals surface area (Å²) >= 11 is 5.16. The van der Waals surface area contributed by atoms with Crippen LogP contribution in [-0.2, 0) is 6.54 Å². The van der Waals surface area contributed by atoms with Gasteiger partial charge in [0.15, 0.2) is 0 Å². The summed E-state index contributed by atoms with van der Waals surface area (Å²) in [4.78, 5) is 3.21. The van der Waals surface area contributed by atoms with Gasteiger partial charge in [0, 0.05) is 21.8 Å². The van der Waals surface area contributed by atoms with E-state index < -0.39 is 0 Å². The van der Waals surface area contributed by atoms with Crippen LogP contribution in [0.1, 0.15) is 37.1 Å². The minimum absolute atomic E-state index is 0.0838. The first kappa shape index (κ1) is 15.5. The van der Waals surface area contributed by atoms with Crippen LogP contribution in [0.15, 0.2) is 20.3 Å². The first-order chi connectivity index (χ1) is 9.60. The summed E-state index contributed by atoms with van der Waals surface area (Å²) in [7, 11) is 1.95. The number of halogens is 1. The summed E-state index contributed by atoms with van der Waals surface area (Å²) < 4.78 is 6.82. The molecule has 1 unspecified atom stereocenters. The second-order valence-electron chi connectivity index (χ2n) is 4.69. The normalized spacial score (nSPS) is 12.6. The predicted octanol–water partition coefficient (Wildman–Crippen LogP) is 3.59. The molecule has 0 aliphatic rings. The Morgan fingerprint density at radius 3 is 2.95 bits per heavy atom. The number of hydrogen-bond acceptors (Lipinski definition) is 6. The van der Waals surface area contributed by atoms with E-state index in [1.165, 1.54) is 4.88 Å². The van der Waals surface area contributed by atoms with E-state index in [4.69, 9.17) is 4.42 Å². The van der Waals surface area contributed by atoms with E-state index in [0.717, 1.165) is 24.0 Å². The lowest BCUT2D eigenvalue weighted by molar-refractivity contribution is 0.416. The van der Waals surface area contributed by atoms with Crippen molar-refractivity contribution >= 4 is 33.3 Å². The molecule has 2 heterocycles. The highest BCUT2D eigenvalue weighted by Gasteiger charge is 2.16. The minimum atomic E-state index is 0.0838. The van der Waals surface area contributed by atoms with E-state index in [-0.39, 0.29) is 6.04 Å². The number of rotatable bonds is 7. The van der Waals surface area contributed by atoms with Gasteiger partial charge in [0.25, 0.3) is 0 Å². The van der Waals surface area contributed by atoms with E-state index in [1.807, 2.05) is 18.9 Å². The van der Waals surface area contributed by atoms with Crippen LogP contribution < -0.4 is 10.2 Å². The SMILES string of the molecule is CCCNC(C)c1nnc(N(C)Cc2cc(Br)cs2)o1. The van der Waals surface area contributed by atoms with Crippen molar-refractivity contribution in [3.63, 3.8) is 0 Å². The topological polar surface area (TPSA) is 54.2 Å². The fourth-order valence-corrected chi connectivity index (χ4v) is 3.25. The molecular formula is C13H19BrN4OS. The lowest BCUT2D eigenvalue weighted by Gasteiger charge is -2.12. The van der Waals surface area contributed by atoms with Crippen molar-refractivity contribution in [2.75, 3.05) is 18.5 Å². The highest BCUT2D eigenvalue weighted by atomic mass is 79.9. The molecule has 0 aliphatic carbocycles. The van der Waals surface area contributed by atoms with E-state index in [2.05, 4.69) is 49.8 Å². The van der Waals surface area contributed by atoms with Crippen molar-refractivity contribution < 1.29 is 4.42 Å². The fourth-order valence-electron chi connectivity index (χ4n) is 1.74. The van der Waals surface area contributed by atoms with Gasteiger partial charge in [0.1, 0.15) is 0 Å². The Labute approximate surface area is 131 Å². The first-order valence-electron chi connectivity index (χ1n) is 6.61. The zero-order valence-electron chi connectivity index (χ0n) is 11.9. The molecule has 20 heavy (non-hydrogen) atoms. The second kappa shape index (κ2) is 7.19. The maximum absolute atomic E-state index is 5.72. The van der Waals surface area contributed by atoms with Crippen LogP contribution in [0.3, 0.4) is 0 Å². The van der Waals surface area contributed by atoms with E-state index in [1.54, 1.807) is 11.3 Å². The van der Waals surface area contributed by atoms with Crippen LogP contribution in [0.5, 0.6) is 0 Å². The molecule has 1 atom stereocenters. The fraction of sp³-hybridized carbons (Fsp3) is 0.538. The molecule has 2 aromatic rings. The number of aromatic nitrogens is 2. The average molecular weight is 359 g/mol. The Balaban J connectivity index is 1.97. The third-order valence-corrected chi connectivity index (χ3v) is 4.52. The molecule has 0 saturated carbocycles. The molecule has 0 fully saturated rings. The monoisotopic (exact) mass is 358 g/mol. The molecule has 0 saturated heterocycles. The third kappa shape index (κ3) is 4.04. The predicted molar refractivity (Wildman–Crippen MR) is 85.1 cm³/mol. The summed E-state index contributed by atoms with van der Waals surface area (Å²) in [6.07, 6.45) is 1.08. The standard InChI is InChI=1S/C13H19BrN4OS/c1-4-5-15-9(2)12-16-17-13(19-12)18(3)7-11-6-10(14)8-20-11/h6,8-9,15H,4-5,7H2,1-3H3. The van der Waals surface area contributed by atoms with Crippen molar-refractivity contribution in [3.8, 4) is 0 Å². The maximum atomic E-state index is 5.72. The summed E-state index contributed by atoms with van der Waals surface area (Å²) in [6, 6.07) is 2.74. The number of anilines is 1. The molecule has 5 nitrogen and oxygen atoms in total. The first-order valence-corrected chi connectivity index (χ1v) is 8.28. The highest BCUT2D eigenvalue weighted by molar-refractivity contribution is 9.10. The van der Waals surface area contributed by atoms with Gasteiger partial charge in [-0.1, -0.05) is 12.0 Å². The summed E-state index contributed by atoms with van der Waals surface area (Å²) in [6.45, 7) is 5.86.